The van der Waals surface area contributed by atoms with Crippen LogP contribution >= 0.6 is 0 Å². The van der Waals surface area contributed by atoms with Gasteiger partial charge in [0.1, 0.15) is 23.7 Å². The summed E-state index contributed by atoms with van der Waals surface area (Å²) in [7, 11) is 3.98. The molecule has 2 saturated carbocycles. The maximum atomic E-state index is 12.4. The number of rotatable bonds is 4. The minimum absolute atomic E-state index is 0.894. The third kappa shape index (κ3) is 2.09. The molecule has 2 aliphatic carbocycles. The van der Waals surface area contributed by atoms with Crippen molar-refractivity contribution in [2.24, 2.45) is 29.1 Å². The Morgan fingerprint density at radius 3 is 0.960 bits per heavy atom. The van der Waals surface area contributed by atoms with Crippen LogP contribution in [0.3, 0.4) is 0 Å². The van der Waals surface area contributed by atoms with Gasteiger partial charge in [-0.25, -0.2) is 0 Å². The molecule has 136 valence electrons. The fourth-order valence-corrected chi connectivity index (χ4v) is 3.88. The Hall–Kier alpha value is -2.78. The predicted octanol–water partition coefficient (Wildman–Crippen LogP) is -1.70. The van der Waals surface area contributed by atoms with Crippen LogP contribution in [0, 0.1) is 29.1 Å². The number of ketones is 2. The zero-order valence-electron chi connectivity index (χ0n) is 13.9. The lowest BCUT2D eigenvalue weighted by atomic mass is 9.34. The van der Waals surface area contributed by atoms with E-state index in [4.69, 9.17) is 0 Å². The first-order valence-electron chi connectivity index (χ1n) is 7.14. The fourth-order valence-electron chi connectivity index (χ4n) is 3.88. The normalized spacial score (nSPS) is 29.1. The quantitative estimate of drug-likeness (QED) is 0.325. The molecule has 0 aromatic carbocycles. The van der Waals surface area contributed by atoms with E-state index in [0.717, 1.165) is 28.4 Å². The summed E-state index contributed by atoms with van der Waals surface area (Å²) in [5.41, 5.74) is -1.95. The van der Waals surface area contributed by atoms with Crippen LogP contribution in [0.4, 0.5) is 0 Å². The van der Waals surface area contributed by atoms with Crippen LogP contribution in [-0.2, 0) is 47.7 Å². The minimum Gasteiger partial charge on any atom is -0.468 e. The Kier molecular flexibility index (Phi) is 4.65. The summed E-state index contributed by atoms with van der Waals surface area (Å²) < 4.78 is 18.2. The first kappa shape index (κ1) is 18.6. The van der Waals surface area contributed by atoms with Gasteiger partial charge in [-0.05, 0) is 0 Å². The van der Waals surface area contributed by atoms with Crippen molar-refractivity contribution in [3.8, 4) is 0 Å². The van der Waals surface area contributed by atoms with E-state index in [0.29, 0.717) is 0 Å². The summed E-state index contributed by atoms with van der Waals surface area (Å²) >= 11 is 0. The molecule has 0 aromatic rings. The van der Waals surface area contributed by atoms with Crippen molar-refractivity contribution in [2.45, 2.75) is 0 Å². The second-order valence-corrected chi connectivity index (χ2v) is 5.63. The number of esters is 4. The van der Waals surface area contributed by atoms with E-state index in [1.54, 1.807) is 0 Å². The van der Waals surface area contributed by atoms with Gasteiger partial charge in [0, 0.05) is 0 Å². The van der Waals surface area contributed by atoms with Gasteiger partial charge in [0.05, 0.1) is 33.9 Å². The molecule has 1 spiro atoms. The zero-order chi connectivity index (χ0) is 19.1. The van der Waals surface area contributed by atoms with Crippen LogP contribution < -0.4 is 0 Å². The molecule has 0 radical (unpaired) electrons. The topological polar surface area (TPSA) is 139 Å². The number of methoxy groups -OCH3 is 4. The average Bonchev–Trinajstić information content (AvgIpc) is 2.59. The lowest BCUT2D eigenvalue weighted by Gasteiger charge is -2.61. The molecule has 0 bridgehead atoms. The highest BCUT2D eigenvalue weighted by Gasteiger charge is 2.85. The number of Topliss-reactive ketones (excluding diaryl/α,β-unsaturated/α-hetero) is 2. The largest absolute Gasteiger partial charge is 0.468 e. The molecule has 0 aliphatic heterocycles. The Labute approximate surface area is 141 Å². The SMILES string of the molecule is COC(=O)[C@@H]1C(=O)[C@@H](C(=O)OC)C12[C@H](C(=O)OC)C(=O)[C@@H]2C(=O)OC. The number of hydrogen-bond donors (Lipinski definition) is 0. The molecule has 0 saturated heterocycles. The van der Waals surface area contributed by atoms with Crippen molar-refractivity contribution in [2.75, 3.05) is 28.4 Å². The molecule has 0 amide bonds. The molecule has 0 unspecified atom stereocenters. The Morgan fingerprint density at radius 1 is 0.600 bits per heavy atom. The maximum Gasteiger partial charge on any atom is 0.316 e. The summed E-state index contributed by atoms with van der Waals surface area (Å²) in [4.78, 5) is 73.1. The molecular formula is C15H16O10. The summed E-state index contributed by atoms with van der Waals surface area (Å²) in [6, 6.07) is 0. The van der Waals surface area contributed by atoms with Gasteiger partial charge in [-0.2, -0.15) is 0 Å². The van der Waals surface area contributed by atoms with Crippen molar-refractivity contribution in [3.63, 3.8) is 0 Å². The lowest BCUT2D eigenvalue weighted by Crippen LogP contribution is -2.80. The number of carbonyl (C=O) groups excluding carboxylic acids is 6. The standard InChI is InChI=1S/C15H16O10/c1-22-11(18)5-9(16)6(12(19)23-2)15(5)7(13(20)24-3)10(17)8(15)14(21)25-4/h5-8H,1-4H3/t5-,6-,7-,8+/m0/s1. The Bertz CT molecular complexity index is 564. The number of ether oxygens (including phenoxy) is 4. The first-order valence-corrected chi connectivity index (χ1v) is 7.14. The van der Waals surface area contributed by atoms with Crippen LogP contribution in [0.25, 0.3) is 0 Å². The highest BCUT2D eigenvalue weighted by Crippen LogP contribution is 2.67. The van der Waals surface area contributed by atoms with Crippen LogP contribution in [0.1, 0.15) is 0 Å². The van der Waals surface area contributed by atoms with Crippen LogP contribution in [0.5, 0.6) is 0 Å². The smallest absolute Gasteiger partial charge is 0.316 e. The zero-order valence-corrected chi connectivity index (χ0v) is 13.9. The third-order valence-electron chi connectivity index (χ3n) is 4.89. The molecule has 0 heterocycles. The van der Waals surface area contributed by atoms with E-state index in [2.05, 4.69) is 18.9 Å². The monoisotopic (exact) mass is 356 g/mol. The highest BCUT2D eigenvalue weighted by atomic mass is 16.5. The molecule has 10 heteroatoms. The molecule has 25 heavy (non-hydrogen) atoms. The van der Waals surface area contributed by atoms with Gasteiger partial charge < -0.3 is 18.9 Å². The van der Waals surface area contributed by atoms with Crippen molar-refractivity contribution in [3.05, 3.63) is 0 Å². The molecule has 4 atom stereocenters. The first-order chi connectivity index (χ1) is 11.7. The van der Waals surface area contributed by atoms with Gasteiger partial charge in [0.2, 0.25) is 0 Å². The van der Waals surface area contributed by atoms with Crippen molar-refractivity contribution >= 4 is 35.4 Å². The number of carbonyl (C=O) groups is 6. The van der Waals surface area contributed by atoms with Crippen LogP contribution in [0.15, 0.2) is 0 Å². The molecule has 2 rings (SSSR count). The average molecular weight is 356 g/mol. The van der Waals surface area contributed by atoms with Gasteiger partial charge in [-0.15, -0.1) is 0 Å². The van der Waals surface area contributed by atoms with Crippen LogP contribution in [0.2, 0.25) is 0 Å². The van der Waals surface area contributed by atoms with E-state index in [-0.39, 0.29) is 0 Å². The van der Waals surface area contributed by atoms with E-state index in [9.17, 15) is 28.8 Å². The molecule has 10 nitrogen and oxygen atoms in total. The van der Waals surface area contributed by atoms with Gasteiger partial charge in [-0.1, -0.05) is 0 Å². The predicted molar refractivity (Wildman–Crippen MR) is 74.5 cm³/mol. The van der Waals surface area contributed by atoms with E-state index < -0.39 is 64.5 Å². The number of hydrogen-bond acceptors (Lipinski definition) is 10. The second-order valence-electron chi connectivity index (χ2n) is 5.63. The van der Waals surface area contributed by atoms with E-state index in [1.165, 1.54) is 0 Å². The van der Waals surface area contributed by atoms with Gasteiger partial charge in [-0.3, -0.25) is 28.8 Å². The Morgan fingerprint density at radius 2 is 0.800 bits per heavy atom. The van der Waals surface area contributed by atoms with Crippen molar-refractivity contribution in [1.29, 1.82) is 0 Å². The van der Waals surface area contributed by atoms with Gasteiger partial charge in [0.25, 0.3) is 0 Å². The Balaban J connectivity index is 2.67. The second kappa shape index (κ2) is 6.26. The van der Waals surface area contributed by atoms with E-state index >= 15 is 0 Å². The highest BCUT2D eigenvalue weighted by molar-refractivity contribution is 6.26. The van der Waals surface area contributed by atoms with Gasteiger partial charge >= 0.3 is 23.9 Å². The fraction of sp³-hybridized carbons (Fsp3) is 0.600. The summed E-state index contributed by atoms with van der Waals surface area (Å²) in [6.45, 7) is 0. The molecule has 2 fully saturated rings. The van der Waals surface area contributed by atoms with Gasteiger partial charge in [0.15, 0.2) is 11.6 Å². The molecule has 0 aromatic heterocycles. The summed E-state index contributed by atoms with van der Waals surface area (Å²) in [6.07, 6.45) is 0. The summed E-state index contributed by atoms with van der Waals surface area (Å²) in [5, 5.41) is 0. The van der Waals surface area contributed by atoms with Crippen molar-refractivity contribution in [1.82, 2.24) is 0 Å². The molecule has 0 N–H and O–H groups in total. The minimum atomic E-state index is -1.95. The summed E-state index contributed by atoms with van der Waals surface area (Å²) in [5.74, 6) is -12.7. The van der Waals surface area contributed by atoms with Crippen molar-refractivity contribution < 1.29 is 47.7 Å². The van der Waals surface area contributed by atoms with E-state index in [1.807, 2.05) is 0 Å². The maximum absolute atomic E-state index is 12.4. The molecular weight excluding hydrogens is 340 g/mol. The third-order valence-corrected chi connectivity index (χ3v) is 4.89. The molecule has 2 aliphatic rings. The lowest BCUT2D eigenvalue weighted by molar-refractivity contribution is -0.223. The van der Waals surface area contributed by atoms with Crippen LogP contribution in [-0.4, -0.2) is 63.9 Å².